The number of alkyl halides is 1. The molecule has 0 N–H and O–H groups in total. The van der Waals surface area contributed by atoms with Gasteiger partial charge < -0.3 is 0 Å². The van der Waals surface area contributed by atoms with Gasteiger partial charge in [0.15, 0.2) is 0 Å². The number of hydrogen-bond donors (Lipinski definition) is 0. The normalized spacial score (nSPS) is 11.2. The van der Waals surface area contributed by atoms with Gasteiger partial charge in [0.25, 0.3) is 0 Å². The van der Waals surface area contributed by atoms with E-state index in [1.807, 2.05) is 0 Å². The second-order valence-corrected chi connectivity index (χ2v) is 4.90. The van der Waals surface area contributed by atoms with Crippen molar-refractivity contribution in [3.63, 3.8) is 0 Å². The van der Waals surface area contributed by atoms with Crippen molar-refractivity contribution in [3.05, 3.63) is 58.9 Å². The minimum absolute atomic E-state index is 0.0248. The largest absolute Gasteiger partial charge is 0.295 e. The molecule has 6 heteroatoms. The van der Waals surface area contributed by atoms with Gasteiger partial charge in [-0.25, -0.2) is 13.8 Å². The summed E-state index contributed by atoms with van der Waals surface area (Å²) in [6.45, 7) is 0. The monoisotopic (exact) mass is 312 g/mol. The fourth-order valence-electron chi connectivity index (χ4n) is 2.10. The highest BCUT2D eigenvalue weighted by Crippen LogP contribution is 2.25. The van der Waals surface area contributed by atoms with Crippen LogP contribution in [0.1, 0.15) is 5.82 Å². The molecule has 0 fully saturated rings. The van der Waals surface area contributed by atoms with Gasteiger partial charge in [0.05, 0.1) is 27.6 Å². The molecule has 3 aromatic rings. The molecule has 0 amide bonds. The van der Waals surface area contributed by atoms with Gasteiger partial charge in [0.1, 0.15) is 17.5 Å². The van der Waals surface area contributed by atoms with Crippen LogP contribution in [0.5, 0.6) is 0 Å². The summed E-state index contributed by atoms with van der Waals surface area (Å²) < 4.78 is 28.6. The van der Waals surface area contributed by atoms with Gasteiger partial charge in [0.2, 0.25) is 0 Å². The number of halogens is 4. The number of hydrogen-bond acceptors (Lipinski definition) is 1. The zero-order chi connectivity index (χ0) is 14.3. The van der Waals surface area contributed by atoms with E-state index < -0.39 is 11.6 Å². The maximum absolute atomic E-state index is 13.6. The van der Waals surface area contributed by atoms with Crippen LogP contribution < -0.4 is 0 Å². The predicted molar refractivity (Wildman–Crippen MR) is 75.6 cm³/mol. The van der Waals surface area contributed by atoms with Crippen LogP contribution in [0.15, 0.2) is 36.4 Å². The molecular weight excluding hydrogens is 305 g/mol. The molecule has 0 aliphatic rings. The number of nitrogens with zero attached hydrogens (tertiary/aromatic N) is 2. The summed E-state index contributed by atoms with van der Waals surface area (Å²) in [5, 5.41) is 0.0248. The average Bonchev–Trinajstić information content (AvgIpc) is 2.79. The highest BCUT2D eigenvalue weighted by Gasteiger charge is 2.13. The van der Waals surface area contributed by atoms with Gasteiger partial charge in [-0.05, 0) is 30.3 Å². The van der Waals surface area contributed by atoms with Crippen molar-refractivity contribution in [1.82, 2.24) is 9.55 Å². The van der Waals surface area contributed by atoms with Crippen molar-refractivity contribution >= 4 is 34.2 Å². The van der Waals surface area contributed by atoms with Gasteiger partial charge in [-0.3, -0.25) is 4.57 Å². The van der Waals surface area contributed by atoms with Crippen molar-refractivity contribution < 1.29 is 8.78 Å². The Hall–Kier alpha value is -1.65. The van der Waals surface area contributed by atoms with Gasteiger partial charge in [-0.2, -0.15) is 0 Å². The summed E-state index contributed by atoms with van der Waals surface area (Å²) >= 11 is 11.5. The Morgan fingerprint density at radius 1 is 1.10 bits per heavy atom. The Kier molecular flexibility index (Phi) is 3.36. The van der Waals surface area contributed by atoms with Gasteiger partial charge in [-0.1, -0.05) is 11.6 Å². The fraction of sp³-hybridized carbons (Fsp3) is 0.0714. The first-order valence-corrected chi connectivity index (χ1v) is 6.69. The second kappa shape index (κ2) is 5.04. The lowest BCUT2D eigenvalue weighted by molar-refractivity contribution is 0.626. The number of rotatable bonds is 2. The summed E-state index contributed by atoms with van der Waals surface area (Å²) in [6.07, 6.45) is 0. The third-order valence-corrected chi connectivity index (χ3v) is 3.51. The first-order valence-electron chi connectivity index (χ1n) is 5.78. The summed E-state index contributed by atoms with van der Waals surface area (Å²) in [4.78, 5) is 4.31. The summed E-state index contributed by atoms with van der Waals surface area (Å²) in [5.74, 6) is -0.313. The van der Waals surface area contributed by atoms with Crippen LogP contribution in [0, 0.1) is 11.6 Å². The van der Waals surface area contributed by atoms with E-state index in [0.29, 0.717) is 22.5 Å². The number of fused-ring (bicyclic) bond motifs is 1. The average molecular weight is 313 g/mol. The smallest absolute Gasteiger partial charge is 0.143 e. The molecule has 20 heavy (non-hydrogen) atoms. The van der Waals surface area contributed by atoms with Gasteiger partial charge in [-0.15, -0.1) is 11.6 Å². The summed E-state index contributed by atoms with van der Waals surface area (Å²) in [7, 11) is 0. The Labute approximate surface area is 123 Å². The van der Waals surface area contributed by atoms with E-state index in [2.05, 4.69) is 4.98 Å². The van der Waals surface area contributed by atoms with Crippen LogP contribution in [-0.2, 0) is 5.88 Å². The highest BCUT2D eigenvalue weighted by molar-refractivity contribution is 6.30. The lowest BCUT2D eigenvalue weighted by atomic mass is 10.2. The third-order valence-electron chi connectivity index (χ3n) is 2.97. The lowest BCUT2D eigenvalue weighted by Crippen LogP contribution is -2.00. The van der Waals surface area contributed by atoms with Gasteiger partial charge in [0, 0.05) is 6.07 Å². The fourth-order valence-corrected chi connectivity index (χ4v) is 2.40. The molecule has 0 atom stereocenters. The first kappa shape index (κ1) is 13.3. The predicted octanol–water partition coefficient (Wildman–Crippen LogP) is 4.70. The van der Waals surface area contributed by atoms with E-state index in [9.17, 15) is 8.78 Å². The molecule has 0 aliphatic heterocycles. The molecule has 0 aliphatic carbocycles. The van der Waals surface area contributed by atoms with E-state index in [1.54, 1.807) is 16.7 Å². The molecule has 0 spiro atoms. The number of aromatic nitrogens is 2. The van der Waals surface area contributed by atoms with E-state index >= 15 is 0 Å². The lowest BCUT2D eigenvalue weighted by Gasteiger charge is -2.08. The van der Waals surface area contributed by atoms with Crippen LogP contribution in [0.2, 0.25) is 5.02 Å². The molecule has 2 aromatic carbocycles. The van der Waals surface area contributed by atoms with Crippen LogP contribution in [-0.4, -0.2) is 9.55 Å². The first-order chi connectivity index (χ1) is 9.60. The topological polar surface area (TPSA) is 17.8 Å². The standard InChI is InChI=1S/C14H8Cl2F2N2/c15-7-14-19-12-4-1-8(17)5-13(12)20(14)9-2-3-10(16)11(18)6-9/h1-6H,7H2. The Bertz CT molecular complexity index is 799. The molecule has 0 saturated carbocycles. The maximum atomic E-state index is 13.6. The Morgan fingerprint density at radius 2 is 1.90 bits per heavy atom. The molecule has 1 aromatic heterocycles. The third kappa shape index (κ3) is 2.15. The number of benzene rings is 2. The molecule has 2 nitrogen and oxygen atoms in total. The van der Waals surface area contributed by atoms with Gasteiger partial charge >= 0.3 is 0 Å². The van der Waals surface area contributed by atoms with Crippen LogP contribution in [0.4, 0.5) is 8.78 Å². The van der Waals surface area contributed by atoms with E-state index in [1.165, 1.54) is 24.3 Å². The maximum Gasteiger partial charge on any atom is 0.143 e. The zero-order valence-electron chi connectivity index (χ0n) is 10.1. The van der Waals surface area contributed by atoms with Crippen molar-refractivity contribution in [1.29, 1.82) is 0 Å². The Balaban J connectivity index is 2.32. The van der Waals surface area contributed by atoms with Crippen molar-refractivity contribution in [3.8, 4) is 5.69 Å². The van der Waals surface area contributed by atoms with E-state index in [4.69, 9.17) is 23.2 Å². The van der Waals surface area contributed by atoms with Crippen LogP contribution in [0.3, 0.4) is 0 Å². The molecule has 0 radical (unpaired) electrons. The van der Waals surface area contributed by atoms with Crippen LogP contribution >= 0.6 is 23.2 Å². The molecule has 3 rings (SSSR count). The minimum atomic E-state index is -0.553. The van der Waals surface area contributed by atoms with Crippen LogP contribution in [0.25, 0.3) is 16.7 Å². The second-order valence-electron chi connectivity index (χ2n) is 4.23. The number of imidazole rings is 1. The molecule has 0 unspecified atom stereocenters. The Morgan fingerprint density at radius 3 is 2.60 bits per heavy atom. The van der Waals surface area contributed by atoms with E-state index in [0.717, 1.165) is 0 Å². The minimum Gasteiger partial charge on any atom is -0.295 e. The molecular formula is C14H8Cl2F2N2. The molecule has 1 heterocycles. The molecule has 0 bridgehead atoms. The summed E-state index contributed by atoms with van der Waals surface area (Å²) in [5.41, 5.74) is 1.62. The highest BCUT2D eigenvalue weighted by atomic mass is 35.5. The van der Waals surface area contributed by atoms with Crippen molar-refractivity contribution in [2.75, 3.05) is 0 Å². The quantitative estimate of drug-likeness (QED) is 0.627. The zero-order valence-corrected chi connectivity index (χ0v) is 11.6. The summed E-state index contributed by atoms with van der Waals surface area (Å²) in [6, 6.07) is 8.56. The van der Waals surface area contributed by atoms with Crippen molar-refractivity contribution in [2.45, 2.75) is 5.88 Å². The van der Waals surface area contributed by atoms with E-state index in [-0.39, 0.29) is 10.9 Å². The van der Waals surface area contributed by atoms with Crippen molar-refractivity contribution in [2.24, 2.45) is 0 Å². The molecule has 0 saturated heterocycles. The molecule has 102 valence electrons. The SMILES string of the molecule is Fc1ccc2nc(CCl)n(-c3ccc(Cl)c(F)c3)c2c1.